The first kappa shape index (κ1) is 20.7. The molecular formula is C23H29NO3. The Hall–Kier alpha value is -2.62. The summed E-state index contributed by atoms with van der Waals surface area (Å²) in [5.41, 5.74) is 2.02. The van der Waals surface area contributed by atoms with E-state index in [-0.39, 0.29) is 5.91 Å². The fourth-order valence-electron chi connectivity index (χ4n) is 2.99. The highest BCUT2D eigenvalue weighted by Crippen LogP contribution is 2.24. The second kappa shape index (κ2) is 11.2. The van der Waals surface area contributed by atoms with Crippen LogP contribution in [0.1, 0.15) is 56.8 Å². The summed E-state index contributed by atoms with van der Waals surface area (Å²) in [6.45, 7) is 2.78. The van der Waals surface area contributed by atoms with Gasteiger partial charge in [0.25, 0.3) is 0 Å². The van der Waals surface area contributed by atoms with Gasteiger partial charge in [-0.3, -0.25) is 9.59 Å². The maximum Gasteiger partial charge on any atom is 0.222 e. The second-order valence-electron chi connectivity index (χ2n) is 6.81. The Bertz CT molecular complexity index is 760. The van der Waals surface area contributed by atoms with Crippen molar-refractivity contribution in [3.8, 4) is 11.3 Å². The molecule has 0 aliphatic heterocycles. The molecule has 0 N–H and O–H groups in total. The molecule has 0 saturated carbocycles. The van der Waals surface area contributed by atoms with Crippen LogP contribution in [0.3, 0.4) is 0 Å². The van der Waals surface area contributed by atoms with E-state index in [1.807, 2.05) is 43.4 Å². The van der Waals surface area contributed by atoms with Crippen LogP contribution in [0.15, 0.2) is 46.9 Å². The zero-order valence-electron chi connectivity index (χ0n) is 16.3. The molecule has 0 bridgehead atoms. The first-order valence-electron chi connectivity index (χ1n) is 9.69. The minimum atomic E-state index is 0.191. The van der Waals surface area contributed by atoms with E-state index >= 15 is 0 Å². The van der Waals surface area contributed by atoms with E-state index in [0.717, 1.165) is 36.0 Å². The number of carbonyl (C=O) groups excluding carboxylic acids is 2. The minimum absolute atomic E-state index is 0.191. The van der Waals surface area contributed by atoms with Crippen molar-refractivity contribution < 1.29 is 14.0 Å². The molecule has 0 fully saturated rings. The quantitative estimate of drug-likeness (QED) is 0.300. The SMILES string of the molecule is CCCCCCCC(=O)N(C)Cc1cccc(-c2ccc(/C=C/C=O)o2)c1. The van der Waals surface area contributed by atoms with Gasteiger partial charge >= 0.3 is 0 Å². The summed E-state index contributed by atoms with van der Waals surface area (Å²) in [7, 11) is 1.86. The fraction of sp³-hybridized carbons (Fsp3) is 0.391. The van der Waals surface area contributed by atoms with Gasteiger partial charge in [-0.1, -0.05) is 50.8 Å². The third-order valence-corrected chi connectivity index (χ3v) is 4.52. The van der Waals surface area contributed by atoms with Crippen molar-refractivity contribution in [2.45, 2.75) is 52.0 Å². The molecule has 0 unspecified atom stereocenters. The molecule has 4 nitrogen and oxygen atoms in total. The van der Waals surface area contributed by atoms with Crippen molar-refractivity contribution in [3.05, 3.63) is 53.8 Å². The van der Waals surface area contributed by atoms with Crippen LogP contribution in [0.5, 0.6) is 0 Å². The Morgan fingerprint density at radius 1 is 1.11 bits per heavy atom. The maximum atomic E-state index is 12.3. The monoisotopic (exact) mass is 367 g/mol. The van der Waals surface area contributed by atoms with Gasteiger partial charge in [0.15, 0.2) is 0 Å². The van der Waals surface area contributed by atoms with E-state index in [9.17, 15) is 9.59 Å². The topological polar surface area (TPSA) is 50.5 Å². The number of aldehydes is 1. The number of allylic oxidation sites excluding steroid dienone is 1. The van der Waals surface area contributed by atoms with E-state index in [2.05, 4.69) is 6.92 Å². The highest BCUT2D eigenvalue weighted by Gasteiger charge is 2.10. The van der Waals surface area contributed by atoms with Crippen molar-refractivity contribution in [1.82, 2.24) is 4.90 Å². The molecule has 1 aromatic carbocycles. The lowest BCUT2D eigenvalue weighted by molar-refractivity contribution is -0.130. The van der Waals surface area contributed by atoms with Gasteiger partial charge in [-0.2, -0.15) is 0 Å². The average Bonchev–Trinajstić information content (AvgIpc) is 3.15. The van der Waals surface area contributed by atoms with Gasteiger partial charge in [-0.15, -0.1) is 0 Å². The lowest BCUT2D eigenvalue weighted by Gasteiger charge is -2.17. The average molecular weight is 367 g/mol. The first-order valence-corrected chi connectivity index (χ1v) is 9.69. The van der Waals surface area contributed by atoms with Gasteiger partial charge in [0, 0.05) is 25.6 Å². The van der Waals surface area contributed by atoms with Crippen molar-refractivity contribution in [2.75, 3.05) is 7.05 Å². The standard InChI is InChI=1S/C23H29NO3/c1-3-4-5-6-7-13-23(26)24(2)18-19-10-8-11-20(17-19)22-15-14-21(27-22)12-9-16-25/h8-12,14-17H,3-7,13,18H2,1-2H3/b12-9+. The van der Waals surface area contributed by atoms with E-state index in [4.69, 9.17) is 4.42 Å². The number of nitrogens with zero attached hydrogens (tertiary/aromatic N) is 1. The van der Waals surface area contributed by atoms with Crippen molar-refractivity contribution in [2.24, 2.45) is 0 Å². The lowest BCUT2D eigenvalue weighted by Crippen LogP contribution is -2.25. The maximum absolute atomic E-state index is 12.3. The Labute approximate surface area is 161 Å². The molecule has 0 aliphatic carbocycles. The van der Waals surface area contributed by atoms with E-state index < -0.39 is 0 Å². The number of amides is 1. The molecule has 27 heavy (non-hydrogen) atoms. The van der Waals surface area contributed by atoms with Crippen LogP contribution in [-0.2, 0) is 16.1 Å². The molecule has 0 atom stereocenters. The van der Waals surface area contributed by atoms with Crippen molar-refractivity contribution in [1.29, 1.82) is 0 Å². The minimum Gasteiger partial charge on any atom is -0.457 e. The molecule has 0 saturated heterocycles. The van der Waals surface area contributed by atoms with Crippen LogP contribution in [0.25, 0.3) is 17.4 Å². The van der Waals surface area contributed by atoms with Crippen LogP contribution in [0.2, 0.25) is 0 Å². The summed E-state index contributed by atoms with van der Waals surface area (Å²) in [5.74, 6) is 1.57. The lowest BCUT2D eigenvalue weighted by atomic mass is 10.1. The number of hydrogen-bond acceptors (Lipinski definition) is 3. The van der Waals surface area contributed by atoms with Gasteiger partial charge in [0.05, 0.1) is 0 Å². The predicted octanol–water partition coefficient (Wildman–Crippen LogP) is 5.48. The van der Waals surface area contributed by atoms with E-state index in [1.54, 1.807) is 11.0 Å². The predicted molar refractivity (Wildman–Crippen MR) is 109 cm³/mol. The molecule has 2 aromatic rings. The zero-order valence-corrected chi connectivity index (χ0v) is 16.3. The first-order chi connectivity index (χ1) is 13.1. The smallest absolute Gasteiger partial charge is 0.222 e. The molecule has 1 aromatic heterocycles. The Balaban J connectivity index is 1.92. The fourth-order valence-corrected chi connectivity index (χ4v) is 2.99. The summed E-state index contributed by atoms with van der Waals surface area (Å²) in [5, 5.41) is 0. The zero-order chi connectivity index (χ0) is 19.5. The molecule has 2 rings (SSSR count). The van der Waals surface area contributed by atoms with Crippen LogP contribution in [0, 0.1) is 0 Å². The van der Waals surface area contributed by atoms with Gasteiger partial charge in [-0.05, 0) is 42.3 Å². The van der Waals surface area contributed by atoms with Gasteiger partial charge in [0.2, 0.25) is 5.91 Å². The number of carbonyl (C=O) groups is 2. The summed E-state index contributed by atoms with van der Waals surface area (Å²) >= 11 is 0. The van der Waals surface area contributed by atoms with Gasteiger partial charge in [0.1, 0.15) is 17.8 Å². The summed E-state index contributed by atoms with van der Waals surface area (Å²) in [4.78, 5) is 24.5. The molecule has 4 heteroatoms. The number of unbranched alkanes of at least 4 members (excludes halogenated alkanes) is 4. The third kappa shape index (κ3) is 6.89. The van der Waals surface area contributed by atoms with E-state index in [1.165, 1.54) is 25.3 Å². The Morgan fingerprint density at radius 2 is 1.93 bits per heavy atom. The van der Waals surface area contributed by atoms with Crippen LogP contribution >= 0.6 is 0 Å². The number of hydrogen-bond donors (Lipinski definition) is 0. The van der Waals surface area contributed by atoms with Gasteiger partial charge < -0.3 is 9.32 Å². The third-order valence-electron chi connectivity index (χ3n) is 4.52. The van der Waals surface area contributed by atoms with Crippen LogP contribution < -0.4 is 0 Å². The highest BCUT2D eigenvalue weighted by molar-refractivity contribution is 5.76. The summed E-state index contributed by atoms with van der Waals surface area (Å²) in [6, 6.07) is 11.7. The van der Waals surface area contributed by atoms with Crippen LogP contribution in [0.4, 0.5) is 0 Å². The second-order valence-corrected chi connectivity index (χ2v) is 6.81. The summed E-state index contributed by atoms with van der Waals surface area (Å²) in [6.07, 6.45) is 10.1. The van der Waals surface area contributed by atoms with Crippen molar-refractivity contribution in [3.63, 3.8) is 0 Å². The molecule has 0 aliphatic rings. The highest BCUT2D eigenvalue weighted by atomic mass is 16.3. The van der Waals surface area contributed by atoms with Crippen LogP contribution in [-0.4, -0.2) is 24.1 Å². The number of furan rings is 1. The normalized spacial score (nSPS) is 11.0. The summed E-state index contributed by atoms with van der Waals surface area (Å²) < 4.78 is 5.74. The molecule has 144 valence electrons. The molecule has 0 spiro atoms. The number of rotatable bonds is 11. The molecule has 1 heterocycles. The Morgan fingerprint density at radius 3 is 2.70 bits per heavy atom. The molecular weight excluding hydrogens is 338 g/mol. The van der Waals surface area contributed by atoms with Gasteiger partial charge in [-0.25, -0.2) is 0 Å². The number of benzene rings is 1. The Kier molecular flexibility index (Phi) is 8.56. The van der Waals surface area contributed by atoms with E-state index in [0.29, 0.717) is 18.7 Å². The molecule has 0 radical (unpaired) electrons. The van der Waals surface area contributed by atoms with Crippen molar-refractivity contribution >= 4 is 18.3 Å². The molecule has 1 amide bonds. The largest absolute Gasteiger partial charge is 0.457 e.